The van der Waals surface area contributed by atoms with Crippen molar-refractivity contribution in [3.05, 3.63) is 40.7 Å². The maximum absolute atomic E-state index is 5.70. The molecule has 0 unspecified atom stereocenters. The molecule has 24 heavy (non-hydrogen) atoms. The van der Waals surface area contributed by atoms with Crippen molar-refractivity contribution in [1.29, 1.82) is 0 Å². The predicted octanol–water partition coefficient (Wildman–Crippen LogP) is 5.16. The van der Waals surface area contributed by atoms with Gasteiger partial charge in [-0.3, -0.25) is 0 Å². The average Bonchev–Trinajstić information content (AvgIpc) is 3.01. The number of nitrogens with one attached hydrogen (secondary N) is 1. The Hall–Kier alpha value is -1.13. The van der Waals surface area contributed by atoms with Gasteiger partial charge >= 0.3 is 0 Å². The first kappa shape index (κ1) is 15.2. The molecule has 1 aromatic carbocycles. The van der Waals surface area contributed by atoms with Crippen LogP contribution in [0.1, 0.15) is 44.2 Å². The molecule has 4 saturated carbocycles. The number of oxazole rings is 1. The lowest BCUT2D eigenvalue weighted by Crippen LogP contribution is -2.58. The summed E-state index contributed by atoms with van der Waals surface area (Å²) in [5, 5.41) is 3.89. The second-order valence-corrected chi connectivity index (χ2v) is 9.12. The average molecular weight is 387 g/mol. The minimum Gasteiger partial charge on any atom is -0.444 e. The van der Waals surface area contributed by atoms with Gasteiger partial charge in [0.25, 0.3) is 0 Å². The van der Waals surface area contributed by atoms with Crippen molar-refractivity contribution in [2.45, 2.75) is 50.6 Å². The standard InChI is InChI=1S/C20H23BrN2O/c21-17-3-1-16(2-4-17)19-23-18(12-24-19)11-22-20-8-13-5-14(9-20)7-15(6-13)10-20/h1-4,12-15,22H,5-11H2. The van der Waals surface area contributed by atoms with Gasteiger partial charge in [0, 0.05) is 22.1 Å². The van der Waals surface area contributed by atoms with E-state index in [9.17, 15) is 0 Å². The van der Waals surface area contributed by atoms with E-state index >= 15 is 0 Å². The Bertz CT molecular complexity index is 701. The molecule has 3 nitrogen and oxygen atoms in total. The molecule has 4 heteroatoms. The number of aromatic nitrogens is 1. The zero-order valence-electron chi connectivity index (χ0n) is 13.8. The molecule has 4 aliphatic rings. The largest absolute Gasteiger partial charge is 0.444 e. The van der Waals surface area contributed by atoms with Crippen molar-refractivity contribution in [2.75, 3.05) is 0 Å². The van der Waals surface area contributed by atoms with Crippen molar-refractivity contribution in [2.24, 2.45) is 17.8 Å². The van der Waals surface area contributed by atoms with E-state index in [1.807, 2.05) is 30.5 Å². The summed E-state index contributed by atoms with van der Waals surface area (Å²) in [7, 11) is 0. The SMILES string of the molecule is Brc1ccc(-c2nc(CNC34CC5CC(CC(C5)C3)C4)co2)cc1. The van der Waals surface area contributed by atoms with Crippen LogP contribution < -0.4 is 5.32 Å². The third-order valence-corrected chi connectivity index (χ3v) is 6.85. The zero-order chi connectivity index (χ0) is 16.1. The maximum atomic E-state index is 5.70. The second-order valence-electron chi connectivity index (χ2n) is 8.20. The fourth-order valence-electron chi connectivity index (χ4n) is 5.72. The molecule has 0 aliphatic heterocycles. The molecular weight excluding hydrogens is 364 g/mol. The summed E-state index contributed by atoms with van der Waals surface area (Å²) in [6, 6.07) is 8.11. The van der Waals surface area contributed by atoms with Gasteiger partial charge < -0.3 is 9.73 Å². The van der Waals surface area contributed by atoms with Crippen LogP contribution in [0.2, 0.25) is 0 Å². The molecule has 6 rings (SSSR count). The van der Waals surface area contributed by atoms with Crippen LogP contribution in [0.15, 0.2) is 39.4 Å². The minimum absolute atomic E-state index is 0.380. The number of hydrogen-bond donors (Lipinski definition) is 1. The summed E-state index contributed by atoms with van der Waals surface area (Å²) in [4.78, 5) is 4.68. The highest BCUT2D eigenvalue weighted by Crippen LogP contribution is 2.55. The van der Waals surface area contributed by atoms with Gasteiger partial charge in [0.05, 0.1) is 5.69 Å². The third kappa shape index (κ3) is 2.74. The first-order valence-electron chi connectivity index (χ1n) is 9.13. The van der Waals surface area contributed by atoms with E-state index in [4.69, 9.17) is 4.42 Å². The van der Waals surface area contributed by atoms with E-state index in [-0.39, 0.29) is 0 Å². The lowest BCUT2D eigenvalue weighted by atomic mass is 9.53. The van der Waals surface area contributed by atoms with Crippen LogP contribution in [0.25, 0.3) is 11.5 Å². The molecule has 126 valence electrons. The Morgan fingerprint density at radius 2 is 1.67 bits per heavy atom. The third-order valence-electron chi connectivity index (χ3n) is 6.33. The van der Waals surface area contributed by atoms with Crippen LogP contribution in [0.3, 0.4) is 0 Å². The van der Waals surface area contributed by atoms with Gasteiger partial charge in [-0.2, -0.15) is 0 Å². The zero-order valence-corrected chi connectivity index (χ0v) is 15.4. The number of rotatable bonds is 4. The number of nitrogens with zero attached hydrogens (tertiary/aromatic N) is 1. The van der Waals surface area contributed by atoms with Gasteiger partial charge in [-0.1, -0.05) is 15.9 Å². The Morgan fingerprint density at radius 3 is 2.29 bits per heavy atom. The number of benzene rings is 1. The number of hydrogen-bond acceptors (Lipinski definition) is 3. The number of halogens is 1. The second kappa shape index (κ2) is 5.70. The Kier molecular flexibility index (Phi) is 3.60. The molecule has 0 spiro atoms. The van der Waals surface area contributed by atoms with E-state index in [0.717, 1.165) is 40.0 Å². The topological polar surface area (TPSA) is 38.1 Å². The lowest BCUT2D eigenvalue weighted by molar-refractivity contribution is -0.0207. The van der Waals surface area contributed by atoms with E-state index in [1.165, 1.54) is 38.5 Å². The normalized spacial score (nSPS) is 34.0. The molecule has 1 heterocycles. The molecule has 4 bridgehead atoms. The molecule has 0 amide bonds. The van der Waals surface area contributed by atoms with Crippen molar-refractivity contribution in [1.82, 2.24) is 10.3 Å². The molecule has 0 atom stereocenters. The Labute approximate surface area is 151 Å². The molecule has 4 fully saturated rings. The fourth-order valence-corrected chi connectivity index (χ4v) is 5.98. The highest BCUT2D eigenvalue weighted by atomic mass is 79.9. The van der Waals surface area contributed by atoms with E-state index < -0.39 is 0 Å². The van der Waals surface area contributed by atoms with Crippen LogP contribution in [0, 0.1) is 17.8 Å². The van der Waals surface area contributed by atoms with Crippen LogP contribution >= 0.6 is 15.9 Å². The molecule has 1 aromatic heterocycles. The summed E-state index contributed by atoms with van der Waals surface area (Å²) < 4.78 is 6.77. The van der Waals surface area contributed by atoms with E-state index in [0.29, 0.717) is 11.4 Å². The molecular formula is C20H23BrN2O. The maximum Gasteiger partial charge on any atom is 0.226 e. The van der Waals surface area contributed by atoms with Gasteiger partial charge in [-0.05, 0) is 80.5 Å². The lowest BCUT2D eigenvalue weighted by Gasteiger charge is -2.57. The summed E-state index contributed by atoms with van der Waals surface area (Å²) in [6.07, 6.45) is 10.4. The van der Waals surface area contributed by atoms with Gasteiger partial charge in [0.2, 0.25) is 5.89 Å². The summed E-state index contributed by atoms with van der Waals surface area (Å²) in [5.41, 5.74) is 2.42. The first-order valence-corrected chi connectivity index (χ1v) is 9.92. The van der Waals surface area contributed by atoms with Crippen LogP contribution in [0.4, 0.5) is 0 Å². The fraction of sp³-hybridized carbons (Fsp3) is 0.550. The van der Waals surface area contributed by atoms with Crippen LogP contribution in [-0.4, -0.2) is 10.5 Å². The monoisotopic (exact) mass is 386 g/mol. The summed E-state index contributed by atoms with van der Waals surface area (Å²) >= 11 is 3.46. The van der Waals surface area contributed by atoms with Crippen molar-refractivity contribution in [3.63, 3.8) is 0 Å². The van der Waals surface area contributed by atoms with Gasteiger partial charge in [0.1, 0.15) is 6.26 Å². The molecule has 0 saturated heterocycles. The molecule has 0 radical (unpaired) electrons. The van der Waals surface area contributed by atoms with Gasteiger partial charge in [-0.25, -0.2) is 4.98 Å². The molecule has 2 aromatic rings. The summed E-state index contributed by atoms with van der Waals surface area (Å²) in [6.45, 7) is 0.826. The highest BCUT2D eigenvalue weighted by molar-refractivity contribution is 9.10. The molecule has 1 N–H and O–H groups in total. The van der Waals surface area contributed by atoms with E-state index in [2.05, 4.69) is 26.2 Å². The predicted molar refractivity (Wildman–Crippen MR) is 97.4 cm³/mol. The minimum atomic E-state index is 0.380. The van der Waals surface area contributed by atoms with Gasteiger partial charge in [-0.15, -0.1) is 0 Å². The van der Waals surface area contributed by atoms with Crippen molar-refractivity contribution in [3.8, 4) is 11.5 Å². The van der Waals surface area contributed by atoms with E-state index in [1.54, 1.807) is 0 Å². The highest BCUT2D eigenvalue weighted by Gasteiger charge is 2.50. The van der Waals surface area contributed by atoms with Gasteiger partial charge in [0.15, 0.2) is 0 Å². The smallest absolute Gasteiger partial charge is 0.226 e. The Balaban J connectivity index is 1.28. The van der Waals surface area contributed by atoms with Crippen molar-refractivity contribution >= 4 is 15.9 Å². The summed E-state index contributed by atoms with van der Waals surface area (Å²) in [5.74, 6) is 3.63. The van der Waals surface area contributed by atoms with Crippen molar-refractivity contribution < 1.29 is 4.42 Å². The Morgan fingerprint density at radius 1 is 1.04 bits per heavy atom. The quantitative estimate of drug-likeness (QED) is 0.787. The van der Waals surface area contributed by atoms with Crippen LogP contribution in [-0.2, 0) is 6.54 Å². The first-order chi connectivity index (χ1) is 11.7. The van der Waals surface area contributed by atoms with Crippen LogP contribution in [0.5, 0.6) is 0 Å². The molecule has 4 aliphatic carbocycles.